The van der Waals surface area contributed by atoms with Gasteiger partial charge >= 0.3 is 0 Å². The number of carbonyl (C=O) groups excluding carboxylic acids is 1. The molecule has 5 heteroatoms. The van der Waals surface area contributed by atoms with Crippen LogP contribution in [0.4, 0.5) is 0 Å². The number of hydrogen-bond acceptors (Lipinski definition) is 3. The molecular formula is C22H18N2O3. The van der Waals surface area contributed by atoms with Gasteiger partial charge in [-0.15, -0.1) is 0 Å². The number of nitrogens with zero attached hydrogens (tertiary/aromatic N) is 1. The number of hydrogen-bond donors (Lipinski definition) is 1. The topological polar surface area (TPSA) is 69.0 Å². The molecule has 0 aliphatic heterocycles. The number of ketones is 1. The van der Waals surface area contributed by atoms with Gasteiger partial charge in [0.15, 0.2) is 5.78 Å². The molecule has 2 aromatic carbocycles. The van der Waals surface area contributed by atoms with Crippen LogP contribution in [0, 0.1) is 5.21 Å². The van der Waals surface area contributed by atoms with Crippen molar-refractivity contribution < 1.29 is 14.3 Å². The van der Waals surface area contributed by atoms with E-state index in [2.05, 4.69) is 4.98 Å². The molecule has 27 heavy (non-hydrogen) atoms. The Balaban J connectivity index is 1.79. The molecule has 2 aromatic heterocycles. The third-order valence-electron chi connectivity index (χ3n) is 5.42. The van der Waals surface area contributed by atoms with Crippen LogP contribution in [0.1, 0.15) is 33.7 Å². The van der Waals surface area contributed by atoms with Crippen molar-refractivity contribution in [3.05, 3.63) is 76.3 Å². The predicted molar refractivity (Wildman–Crippen MR) is 103 cm³/mol. The van der Waals surface area contributed by atoms with Crippen LogP contribution in [0.2, 0.25) is 0 Å². The number of nitrogens with one attached hydrogen (secondary N) is 1. The van der Waals surface area contributed by atoms with Crippen molar-refractivity contribution in [3.8, 4) is 5.75 Å². The number of benzene rings is 2. The zero-order valence-electron chi connectivity index (χ0n) is 14.9. The van der Waals surface area contributed by atoms with Crippen LogP contribution in [0.25, 0.3) is 21.8 Å². The number of ether oxygens (including phenoxy) is 1. The number of methoxy groups -OCH3 is 1. The first kappa shape index (κ1) is 15.9. The zero-order valence-corrected chi connectivity index (χ0v) is 14.9. The molecule has 0 unspecified atom stereocenters. The normalized spacial score (nSPS) is 13.4. The van der Waals surface area contributed by atoms with Crippen LogP contribution in [0.15, 0.2) is 48.5 Å². The molecule has 1 aliphatic carbocycles. The number of rotatable bonds is 3. The zero-order chi connectivity index (χ0) is 18.5. The van der Waals surface area contributed by atoms with Gasteiger partial charge in [-0.1, -0.05) is 30.3 Å². The van der Waals surface area contributed by atoms with Gasteiger partial charge in [-0.2, -0.15) is 4.73 Å². The first-order valence-electron chi connectivity index (χ1n) is 9.01. The third-order valence-corrected chi connectivity index (χ3v) is 5.42. The Hall–Kier alpha value is -3.34. The van der Waals surface area contributed by atoms with E-state index in [-0.39, 0.29) is 5.78 Å². The quantitative estimate of drug-likeness (QED) is 0.449. The number of pyridine rings is 1. The summed E-state index contributed by atoms with van der Waals surface area (Å²) in [6.07, 6.45) is 1.39. The second kappa shape index (κ2) is 5.84. The summed E-state index contributed by atoms with van der Waals surface area (Å²) in [5.74, 6) is 0.837. The van der Waals surface area contributed by atoms with Crippen molar-refractivity contribution in [2.24, 2.45) is 0 Å². The van der Waals surface area contributed by atoms with E-state index in [1.54, 1.807) is 7.11 Å². The van der Waals surface area contributed by atoms with Crippen LogP contribution in [-0.4, -0.2) is 17.9 Å². The average Bonchev–Trinajstić information content (AvgIpc) is 3.26. The highest BCUT2D eigenvalue weighted by molar-refractivity contribution is 6.19. The Morgan fingerprint density at radius 1 is 1.11 bits per heavy atom. The molecule has 5 rings (SSSR count). The minimum absolute atomic E-state index is 0.0559. The summed E-state index contributed by atoms with van der Waals surface area (Å²) < 4.78 is 6.19. The summed E-state index contributed by atoms with van der Waals surface area (Å²) in [6, 6.07) is 15.6. The van der Waals surface area contributed by atoms with Crippen molar-refractivity contribution in [2.45, 2.75) is 19.3 Å². The summed E-state index contributed by atoms with van der Waals surface area (Å²) in [7, 11) is 1.63. The second-order valence-electron chi connectivity index (χ2n) is 6.93. The van der Waals surface area contributed by atoms with Crippen molar-refractivity contribution in [1.29, 1.82) is 0 Å². The number of H-pyrrole nitrogens is 1. The van der Waals surface area contributed by atoms with E-state index in [4.69, 9.17) is 4.74 Å². The van der Waals surface area contributed by atoms with Crippen LogP contribution in [0.3, 0.4) is 0 Å². The number of para-hydroxylation sites is 1. The fourth-order valence-electron chi connectivity index (χ4n) is 4.11. The minimum atomic E-state index is 0.0559. The lowest BCUT2D eigenvalue weighted by atomic mass is 10.0. The lowest BCUT2D eigenvalue weighted by Gasteiger charge is -2.11. The van der Waals surface area contributed by atoms with E-state index in [9.17, 15) is 10.0 Å². The molecule has 4 aromatic rings. The minimum Gasteiger partial charge on any atom is -0.618 e. The lowest BCUT2D eigenvalue weighted by Crippen LogP contribution is -2.37. The largest absolute Gasteiger partial charge is 0.618 e. The summed E-state index contributed by atoms with van der Waals surface area (Å²) in [5.41, 5.74) is 4.56. The molecule has 1 N–H and O–H groups in total. The molecule has 2 heterocycles. The molecule has 0 fully saturated rings. The molecule has 0 spiro atoms. The fraction of sp³-hybridized carbons (Fsp3) is 0.182. The maximum atomic E-state index is 13.1. The highest BCUT2D eigenvalue weighted by Gasteiger charge is 2.34. The Morgan fingerprint density at radius 3 is 2.67 bits per heavy atom. The maximum Gasteiger partial charge on any atom is 0.221 e. The second-order valence-corrected chi connectivity index (χ2v) is 6.93. The molecule has 0 radical (unpaired) electrons. The summed E-state index contributed by atoms with van der Waals surface area (Å²) >= 11 is 0. The number of aromatic nitrogens is 2. The van der Waals surface area contributed by atoms with Crippen molar-refractivity contribution >= 4 is 27.6 Å². The van der Waals surface area contributed by atoms with Gasteiger partial charge in [-0.05, 0) is 23.8 Å². The maximum absolute atomic E-state index is 13.1. The standard InChI is InChI=1S/C22H18N2O3/c1-27-14-8-6-13(7-9-14)12-18-22-20(15-4-2-3-5-16(15)23-22)21-17(24(18)26)10-11-19(21)25/h2-9,23H,10-12H2,1H3. The van der Waals surface area contributed by atoms with Gasteiger partial charge in [-0.25, -0.2) is 0 Å². The molecule has 0 saturated carbocycles. The molecule has 134 valence electrons. The average molecular weight is 358 g/mol. The Bertz CT molecular complexity index is 1210. The number of aromatic amines is 1. The number of carbonyl (C=O) groups is 1. The van der Waals surface area contributed by atoms with Crippen molar-refractivity contribution in [3.63, 3.8) is 0 Å². The fourth-order valence-corrected chi connectivity index (χ4v) is 4.11. The highest BCUT2D eigenvalue weighted by atomic mass is 16.5. The lowest BCUT2D eigenvalue weighted by molar-refractivity contribution is -0.620. The van der Waals surface area contributed by atoms with Gasteiger partial charge in [0.05, 0.1) is 19.1 Å². The van der Waals surface area contributed by atoms with Crippen LogP contribution in [0.5, 0.6) is 5.75 Å². The van der Waals surface area contributed by atoms with E-state index in [0.29, 0.717) is 36.2 Å². The van der Waals surface area contributed by atoms with Gasteiger partial charge in [0.25, 0.3) is 0 Å². The SMILES string of the molecule is COc1ccc(Cc2c3[nH]c4ccccc4c3c3c([n+]2[O-])CCC3=O)cc1. The Labute approximate surface area is 155 Å². The molecule has 1 aliphatic rings. The third kappa shape index (κ3) is 2.31. The van der Waals surface area contributed by atoms with Crippen LogP contribution < -0.4 is 9.47 Å². The van der Waals surface area contributed by atoms with Gasteiger partial charge in [0, 0.05) is 29.1 Å². The van der Waals surface area contributed by atoms with Gasteiger partial charge in [0.1, 0.15) is 11.3 Å². The molecule has 0 bridgehead atoms. The van der Waals surface area contributed by atoms with E-state index in [1.165, 1.54) is 0 Å². The van der Waals surface area contributed by atoms with Crippen molar-refractivity contribution in [2.75, 3.05) is 7.11 Å². The van der Waals surface area contributed by atoms with Crippen LogP contribution in [-0.2, 0) is 12.8 Å². The highest BCUT2D eigenvalue weighted by Crippen LogP contribution is 2.35. The molecule has 0 atom stereocenters. The van der Waals surface area contributed by atoms with E-state index >= 15 is 0 Å². The molecular weight excluding hydrogens is 340 g/mol. The van der Waals surface area contributed by atoms with Gasteiger partial charge in [0.2, 0.25) is 11.4 Å². The first-order valence-corrected chi connectivity index (χ1v) is 9.01. The van der Waals surface area contributed by atoms with Gasteiger partial charge in [-0.3, -0.25) is 4.79 Å². The smallest absolute Gasteiger partial charge is 0.221 e. The Morgan fingerprint density at radius 2 is 1.89 bits per heavy atom. The first-order chi connectivity index (χ1) is 13.2. The number of Topliss-reactive ketones (excluding diaryl/α,β-unsaturated/α-hetero) is 1. The molecule has 5 nitrogen and oxygen atoms in total. The summed E-state index contributed by atoms with van der Waals surface area (Å²) in [6.45, 7) is 0. The summed E-state index contributed by atoms with van der Waals surface area (Å²) in [5, 5.41) is 15.0. The van der Waals surface area contributed by atoms with Gasteiger partial charge < -0.3 is 14.9 Å². The predicted octanol–water partition coefficient (Wildman–Crippen LogP) is 3.68. The van der Waals surface area contributed by atoms with E-state index in [1.807, 2.05) is 48.5 Å². The molecule has 0 amide bonds. The van der Waals surface area contributed by atoms with Crippen LogP contribution >= 0.6 is 0 Å². The number of fused-ring (bicyclic) bond motifs is 5. The Kier molecular flexibility index (Phi) is 3.44. The van der Waals surface area contributed by atoms with E-state index in [0.717, 1.165) is 37.8 Å². The van der Waals surface area contributed by atoms with E-state index < -0.39 is 0 Å². The molecule has 0 saturated heterocycles. The van der Waals surface area contributed by atoms with Crippen molar-refractivity contribution in [1.82, 2.24) is 4.98 Å². The monoisotopic (exact) mass is 358 g/mol. The summed E-state index contributed by atoms with van der Waals surface area (Å²) in [4.78, 5) is 15.9.